The Hall–Kier alpha value is -2.23. The third kappa shape index (κ3) is 2.33. The van der Waals surface area contributed by atoms with Gasteiger partial charge in [-0.15, -0.1) is 6.58 Å². The molecular formula is C19H20O4. The fourth-order valence-corrected chi connectivity index (χ4v) is 4.36. The molecule has 120 valence electrons. The average molecular weight is 312 g/mol. The van der Waals surface area contributed by atoms with Crippen LogP contribution in [0.25, 0.3) is 0 Å². The molecule has 0 saturated heterocycles. The minimum atomic E-state index is -0.543. The summed E-state index contributed by atoms with van der Waals surface area (Å²) in [6, 6.07) is 7.51. The van der Waals surface area contributed by atoms with Crippen LogP contribution in [0.2, 0.25) is 0 Å². The number of Topliss-reactive ketones (excluding diaryl/α,β-unsaturated/α-hetero) is 2. The van der Waals surface area contributed by atoms with Crippen molar-refractivity contribution in [3.63, 3.8) is 0 Å². The highest BCUT2D eigenvalue weighted by Crippen LogP contribution is 2.56. The molecule has 0 amide bonds. The zero-order valence-corrected chi connectivity index (χ0v) is 13.2. The molecule has 1 fully saturated rings. The van der Waals surface area contributed by atoms with Gasteiger partial charge in [-0.05, 0) is 23.8 Å². The second-order valence-corrected chi connectivity index (χ2v) is 6.48. The quantitative estimate of drug-likeness (QED) is 0.633. The van der Waals surface area contributed by atoms with Gasteiger partial charge in [0.15, 0.2) is 5.78 Å². The van der Waals surface area contributed by atoms with Crippen LogP contribution in [-0.2, 0) is 20.7 Å². The first-order valence-corrected chi connectivity index (χ1v) is 7.86. The van der Waals surface area contributed by atoms with E-state index in [1.165, 1.54) is 7.11 Å². The highest BCUT2D eigenvalue weighted by molar-refractivity contribution is 6.06. The molecule has 0 unspecified atom stereocenters. The van der Waals surface area contributed by atoms with Crippen molar-refractivity contribution >= 4 is 17.5 Å². The summed E-state index contributed by atoms with van der Waals surface area (Å²) >= 11 is 0. The number of carbonyl (C=O) groups is 3. The van der Waals surface area contributed by atoms with Crippen LogP contribution in [0.5, 0.6) is 0 Å². The van der Waals surface area contributed by atoms with E-state index in [4.69, 9.17) is 4.74 Å². The summed E-state index contributed by atoms with van der Waals surface area (Å²) in [5.41, 5.74) is 1.13. The van der Waals surface area contributed by atoms with Crippen LogP contribution < -0.4 is 0 Å². The molecule has 0 aromatic heterocycles. The fraction of sp³-hybridized carbons (Fsp3) is 0.421. The lowest BCUT2D eigenvalue weighted by molar-refractivity contribution is -0.145. The van der Waals surface area contributed by atoms with Gasteiger partial charge < -0.3 is 4.74 Å². The van der Waals surface area contributed by atoms with Crippen LogP contribution >= 0.6 is 0 Å². The van der Waals surface area contributed by atoms with Crippen LogP contribution in [0.15, 0.2) is 36.9 Å². The normalized spacial score (nSPS) is 28.9. The molecule has 3 rings (SSSR count). The number of ketones is 2. The Balaban J connectivity index is 2.09. The van der Waals surface area contributed by atoms with Gasteiger partial charge in [-0.3, -0.25) is 14.4 Å². The Morgan fingerprint density at radius 1 is 1.39 bits per heavy atom. The largest absolute Gasteiger partial charge is 0.469 e. The zero-order valence-electron chi connectivity index (χ0n) is 13.2. The topological polar surface area (TPSA) is 60.4 Å². The van der Waals surface area contributed by atoms with Crippen LogP contribution in [0.4, 0.5) is 0 Å². The first-order chi connectivity index (χ1) is 11.0. The van der Waals surface area contributed by atoms with Crippen molar-refractivity contribution in [2.45, 2.75) is 25.7 Å². The minimum Gasteiger partial charge on any atom is -0.469 e. The number of methoxy groups -OCH3 is 1. The molecule has 0 bridgehead atoms. The molecule has 2 aliphatic rings. The number of allylic oxidation sites excluding steroid dienone is 1. The van der Waals surface area contributed by atoms with E-state index >= 15 is 0 Å². The molecule has 0 aliphatic heterocycles. The van der Waals surface area contributed by atoms with Crippen molar-refractivity contribution in [2.24, 2.45) is 17.3 Å². The molecule has 1 aromatic rings. The summed E-state index contributed by atoms with van der Waals surface area (Å²) in [5, 5.41) is 0. The maximum absolute atomic E-state index is 12.9. The van der Waals surface area contributed by atoms with Gasteiger partial charge in [0, 0.05) is 23.8 Å². The number of esters is 1. The Morgan fingerprint density at radius 3 is 2.83 bits per heavy atom. The Labute approximate surface area is 135 Å². The van der Waals surface area contributed by atoms with Gasteiger partial charge in [-0.25, -0.2) is 0 Å². The van der Waals surface area contributed by atoms with Gasteiger partial charge in [0.2, 0.25) is 0 Å². The summed E-state index contributed by atoms with van der Waals surface area (Å²) in [5.74, 6) is -1.23. The van der Waals surface area contributed by atoms with E-state index < -0.39 is 17.3 Å². The summed E-state index contributed by atoms with van der Waals surface area (Å²) in [6.07, 6.45) is 3.18. The molecule has 0 spiro atoms. The molecule has 4 heteroatoms. The van der Waals surface area contributed by atoms with Crippen molar-refractivity contribution in [1.82, 2.24) is 0 Å². The molecule has 0 N–H and O–H groups in total. The first-order valence-electron chi connectivity index (χ1n) is 7.86. The Bertz CT molecular complexity index is 690. The van der Waals surface area contributed by atoms with Gasteiger partial charge in [0.25, 0.3) is 0 Å². The standard InChI is InChI=1S/C19H20O4/c1-3-8-19-11-12-6-4-5-7-13(12)18(22)15(19)9-16(20)14(19)10-17(21)23-2/h3-7,14-15H,1,8-11H2,2H3/t14-,15-,19-/m0/s1. The molecule has 1 saturated carbocycles. The van der Waals surface area contributed by atoms with E-state index in [0.29, 0.717) is 18.4 Å². The molecule has 3 atom stereocenters. The fourth-order valence-electron chi connectivity index (χ4n) is 4.36. The summed E-state index contributed by atoms with van der Waals surface area (Å²) in [7, 11) is 1.32. The van der Waals surface area contributed by atoms with E-state index in [2.05, 4.69) is 6.58 Å². The predicted molar refractivity (Wildman–Crippen MR) is 85.0 cm³/mol. The van der Waals surface area contributed by atoms with Crippen molar-refractivity contribution in [1.29, 1.82) is 0 Å². The van der Waals surface area contributed by atoms with E-state index in [1.54, 1.807) is 6.08 Å². The van der Waals surface area contributed by atoms with E-state index in [1.807, 2.05) is 24.3 Å². The number of rotatable bonds is 4. The number of hydrogen-bond acceptors (Lipinski definition) is 4. The van der Waals surface area contributed by atoms with Crippen LogP contribution in [0.1, 0.15) is 35.2 Å². The molecule has 2 aliphatic carbocycles. The molecule has 0 heterocycles. The van der Waals surface area contributed by atoms with Crippen molar-refractivity contribution in [3.05, 3.63) is 48.0 Å². The van der Waals surface area contributed by atoms with Gasteiger partial charge in [-0.2, -0.15) is 0 Å². The zero-order chi connectivity index (χ0) is 16.6. The van der Waals surface area contributed by atoms with Gasteiger partial charge >= 0.3 is 5.97 Å². The molecule has 0 radical (unpaired) electrons. The van der Waals surface area contributed by atoms with Crippen molar-refractivity contribution in [2.75, 3.05) is 7.11 Å². The molecule has 4 nitrogen and oxygen atoms in total. The third-order valence-electron chi connectivity index (χ3n) is 5.42. The van der Waals surface area contributed by atoms with E-state index in [-0.39, 0.29) is 30.3 Å². The van der Waals surface area contributed by atoms with Gasteiger partial charge in [0.1, 0.15) is 5.78 Å². The summed E-state index contributed by atoms with van der Waals surface area (Å²) in [6.45, 7) is 3.81. The Kier molecular flexibility index (Phi) is 3.92. The molecule has 1 aromatic carbocycles. The third-order valence-corrected chi connectivity index (χ3v) is 5.42. The van der Waals surface area contributed by atoms with Crippen LogP contribution in [0.3, 0.4) is 0 Å². The first kappa shape index (κ1) is 15.7. The highest BCUT2D eigenvalue weighted by Gasteiger charge is 2.59. The molecular weight excluding hydrogens is 292 g/mol. The van der Waals surface area contributed by atoms with Gasteiger partial charge in [0.05, 0.1) is 13.5 Å². The summed E-state index contributed by atoms with van der Waals surface area (Å²) in [4.78, 5) is 37.3. The van der Waals surface area contributed by atoms with Crippen molar-refractivity contribution in [3.8, 4) is 0 Å². The highest BCUT2D eigenvalue weighted by atomic mass is 16.5. The second kappa shape index (κ2) is 5.76. The van der Waals surface area contributed by atoms with Crippen LogP contribution in [-0.4, -0.2) is 24.6 Å². The summed E-state index contributed by atoms with van der Waals surface area (Å²) < 4.78 is 4.76. The number of fused-ring (bicyclic) bond motifs is 2. The van der Waals surface area contributed by atoms with E-state index in [0.717, 1.165) is 5.56 Å². The lowest BCUT2D eigenvalue weighted by atomic mass is 9.60. The average Bonchev–Trinajstić information content (AvgIpc) is 2.81. The molecule has 23 heavy (non-hydrogen) atoms. The lowest BCUT2D eigenvalue weighted by Gasteiger charge is -2.42. The number of hydrogen-bond donors (Lipinski definition) is 0. The van der Waals surface area contributed by atoms with E-state index in [9.17, 15) is 14.4 Å². The van der Waals surface area contributed by atoms with Gasteiger partial charge in [-0.1, -0.05) is 30.3 Å². The number of carbonyl (C=O) groups excluding carboxylic acids is 3. The SMILES string of the molecule is C=CC[C@@]12Cc3ccccc3C(=O)[C@@H]1CC(=O)[C@@H]2CC(=O)OC. The maximum Gasteiger partial charge on any atom is 0.306 e. The Morgan fingerprint density at radius 2 is 2.13 bits per heavy atom. The smallest absolute Gasteiger partial charge is 0.306 e. The maximum atomic E-state index is 12.9. The lowest BCUT2D eigenvalue weighted by Crippen LogP contribution is -2.43. The van der Waals surface area contributed by atoms with Crippen LogP contribution in [0, 0.1) is 17.3 Å². The number of benzene rings is 1. The monoisotopic (exact) mass is 312 g/mol. The second-order valence-electron chi connectivity index (χ2n) is 6.48. The predicted octanol–water partition coefficient (Wildman–Crippen LogP) is 2.76. The van der Waals surface area contributed by atoms with Crippen molar-refractivity contribution < 1.29 is 19.1 Å². The number of ether oxygens (including phenoxy) is 1. The minimum absolute atomic E-state index is 0.0107.